The number of halogens is 1. The fourth-order valence-corrected chi connectivity index (χ4v) is 3.29. The Morgan fingerprint density at radius 1 is 1.10 bits per heavy atom. The van der Waals surface area contributed by atoms with E-state index in [0.29, 0.717) is 23.3 Å². The van der Waals surface area contributed by atoms with Crippen molar-refractivity contribution in [1.82, 2.24) is 20.0 Å². The summed E-state index contributed by atoms with van der Waals surface area (Å²) in [5, 5.41) is 6.78. The molecule has 2 aromatic carbocycles. The highest BCUT2D eigenvalue weighted by Crippen LogP contribution is 2.24. The Morgan fingerprint density at radius 2 is 1.87 bits per heavy atom. The van der Waals surface area contributed by atoms with E-state index >= 15 is 0 Å². The Hall–Kier alpha value is -3.81. The van der Waals surface area contributed by atoms with Crippen molar-refractivity contribution in [3.05, 3.63) is 82.7 Å². The van der Waals surface area contributed by atoms with Gasteiger partial charge in [-0.25, -0.2) is 9.37 Å². The van der Waals surface area contributed by atoms with E-state index in [0.717, 1.165) is 12.8 Å². The molecule has 1 amide bonds. The molecule has 0 saturated carbocycles. The molecule has 158 valence electrons. The van der Waals surface area contributed by atoms with Crippen LogP contribution in [0.4, 0.5) is 4.39 Å². The minimum Gasteiger partial charge on any atom is -0.356 e. The Bertz CT molecular complexity index is 1230. The predicted octanol–water partition coefficient (Wildman–Crippen LogP) is 3.33. The third-order valence-electron chi connectivity index (χ3n) is 4.95. The molecule has 0 radical (unpaired) electrons. The summed E-state index contributed by atoms with van der Waals surface area (Å²) >= 11 is 0. The molecule has 0 aliphatic carbocycles. The van der Waals surface area contributed by atoms with Crippen LogP contribution in [0.15, 0.2) is 70.2 Å². The monoisotopic (exact) mass is 420 g/mol. The third-order valence-corrected chi connectivity index (χ3v) is 4.95. The quantitative estimate of drug-likeness (QED) is 0.442. The van der Waals surface area contributed by atoms with Crippen LogP contribution in [-0.4, -0.2) is 27.2 Å². The molecule has 0 aliphatic heterocycles. The summed E-state index contributed by atoms with van der Waals surface area (Å²) in [7, 11) is 0. The molecule has 0 saturated heterocycles. The van der Waals surface area contributed by atoms with Gasteiger partial charge in [0.15, 0.2) is 0 Å². The number of hydrogen-bond acceptors (Lipinski definition) is 5. The third kappa shape index (κ3) is 4.85. The highest BCUT2D eigenvalue weighted by atomic mass is 19.1. The van der Waals surface area contributed by atoms with Gasteiger partial charge in [0, 0.05) is 25.1 Å². The van der Waals surface area contributed by atoms with Gasteiger partial charge < -0.3 is 9.84 Å². The molecule has 0 aliphatic rings. The molecule has 1 N–H and O–H groups in total. The number of amides is 1. The van der Waals surface area contributed by atoms with Gasteiger partial charge >= 0.3 is 0 Å². The van der Waals surface area contributed by atoms with Crippen molar-refractivity contribution in [1.29, 1.82) is 0 Å². The zero-order valence-corrected chi connectivity index (χ0v) is 16.8. The largest absolute Gasteiger partial charge is 0.356 e. The number of carbonyl (C=O) groups is 1. The fourth-order valence-electron chi connectivity index (χ4n) is 3.29. The number of fused-ring (bicyclic) bond motifs is 1. The molecule has 0 atom stereocenters. The van der Waals surface area contributed by atoms with Crippen LogP contribution in [0.25, 0.3) is 22.4 Å². The van der Waals surface area contributed by atoms with Crippen LogP contribution in [0.1, 0.15) is 18.4 Å². The second kappa shape index (κ2) is 9.34. The molecule has 2 heterocycles. The van der Waals surface area contributed by atoms with Crippen LogP contribution < -0.4 is 10.9 Å². The van der Waals surface area contributed by atoms with Crippen LogP contribution in [0.3, 0.4) is 0 Å². The SMILES string of the molecule is O=C(CCn1cnc2c(-c3ccc(F)cc3)noc2c1=O)NCCCc1ccccc1. The van der Waals surface area contributed by atoms with Gasteiger partial charge in [0.1, 0.15) is 17.0 Å². The van der Waals surface area contributed by atoms with Gasteiger partial charge in [0.05, 0.1) is 6.33 Å². The number of nitrogens with one attached hydrogen (secondary N) is 1. The Labute approximate surface area is 177 Å². The van der Waals surface area contributed by atoms with Gasteiger partial charge in [0.25, 0.3) is 11.1 Å². The minimum absolute atomic E-state index is 0.00472. The highest BCUT2D eigenvalue weighted by Gasteiger charge is 2.16. The van der Waals surface area contributed by atoms with Crippen molar-refractivity contribution < 1.29 is 13.7 Å². The summed E-state index contributed by atoms with van der Waals surface area (Å²) in [4.78, 5) is 29.0. The van der Waals surface area contributed by atoms with Gasteiger partial charge in [0.2, 0.25) is 5.91 Å². The zero-order chi connectivity index (χ0) is 21.6. The van der Waals surface area contributed by atoms with Crippen LogP contribution in [0.2, 0.25) is 0 Å². The summed E-state index contributed by atoms with van der Waals surface area (Å²) in [6.45, 7) is 0.752. The standard InChI is InChI=1S/C23H21FN4O3/c24-18-10-8-17(9-11-18)20-21-22(31-27-20)23(30)28(15-26-21)14-12-19(29)25-13-4-7-16-5-2-1-3-6-16/h1-3,5-6,8-11,15H,4,7,12-14H2,(H,25,29). The number of nitrogens with zero attached hydrogens (tertiary/aromatic N) is 3. The van der Waals surface area contributed by atoms with Crippen molar-refractivity contribution in [3.63, 3.8) is 0 Å². The van der Waals surface area contributed by atoms with E-state index in [2.05, 4.69) is 27.6 Å². The van der Waals surface area contributed by atoms with Crippen LogP contribution >= 0.6 is 0 Å². The van der Waals surface area contributed by atoms with Crippen molar-refractivity contribution in [2.24, 2.45) is 0 Å². The lowest BCUT2D eigenvalue weighted by molar-refractivity contribution is -0.121. The van der Waals surface area contributed by atoms with Crippen molar-refractivity contribution in [2.45, 2.75) is 25.8 Å². The molecule has 31 heavy (non-hydrogen) atoms. The van der Waals surface area contributed by atoms with Gasteiger partial charge in [-0.15, -0.1) is 0 Å². The molecule has 7 nitrogen and oxygen atoms in total. The first kappa shape index (κ1) is 20.5. The number of rotatable bonds is 8. The second-order valence-corrected chi connectivity index (χ2v) is 7.15. The lowest BCUT2D eigenvalue weighted by Gasteiger charge is -2.07. The topological polar surface area (TPSA) is 90.0 Å². The molecule has 2 aromatic heterocycles. The van der Waals surface area contributed by atoms with E-state index < -0.39 is 5.56 Å². The molecule has 8 heteroatoms. The number of benzene rings is 2. The first-order valence-corrected chi connectivity index (χ1v) is 10.0. The number of aromatic nitrogens is 3. The van der Waals surface area contributed by atoms with Gasteiger partial charge in [-0.05, 0) is 42.7 Å². The smallest absolute Gasteiger partial charge is 0.299 e. The molecule has 0 fully saturated rings. The highest BCUT2D eigenvalue weighted by molar-refractivity contribution is 5.87. The first-order valence-electron chi connectivity index (χ1n) is 10.0. The van der Waals surface area contributed by atoms with Gasteiger partial charge in [-0.2, -0.15) is 0 Å². The maximum Gasteiger partial charge on any atom is 0.299 e. The average molecular weight is 420 g/mol. The molecular formula is C23H21FN4O3. The second-order valence-electron chi connectivity index (χ2n) is 7.15. The van der Waals surface area contributed by atoms with E-state index in [1.54, 1.807) is 12.1 Å². The van der Waals surface area contributed by atoms with Crippen LogP contribution in [0.5, 0.6) is 0 Å². The Balaban J connectivity index is 1.34. The maximum atomic E-state index is 13.1. The van der Waals surface area contributed by atoms with Crippen molar-refractivity contribution >= 4 is 17.0 Å². The van der Waals surface area contributed by atoms with Gasteiger partial charge in [-0.1, -0.05) is 35.5 Å². The summed E-state index contributed by atoms with van der Waals surface area (Å²) in [5.41, 5.74) is 2.09. The van der Waals surface area contributed by atoms with Crippen molar-refractivity contribution in [3.8, 4) is 11.3 Å². The van der Waals surface area contributed by atoms with Crippen LogP contribution in [0, 0.1) is 5.82 Å². The lowest BCUT2D eigenvalue weighted by atomic mass is 10.1. The molecule has 0 unspecified atom stereocenters. The minimum atomic E-state index is -0.414. The first-order chi connectivity index (χ1) is 15.1. The number of carbonyl (C=O) groups excluding carboxylic acids is 1. The normalized spacial score (nSPS) is 11.0. The van der Waals surface area contributed by atoms with E-state index in [1.165, 1.54) is 28.6 Å². The summed E-state index contributed by atoms with van der Waals surface area (Å²) in [5.74, 6) is -0.505. The molecule has 4 aromatic rings. The summed E-state index contributed by atoms with van der Waals surface area (Å²) < 4.78 is 19.7. The molecule has 0 bridgehead atoms. The van der Waals surface area contributed by atoms with Crippen molar-refractivity contribution in [2.75, 3.05) is 6.54 Å². The maximum absolute atomic E-state index is 13.1. The number of hydrogen-bond donors (Lipinski definition) is 1. The summed E-state index contributed by atoms with van der Waals surface area (Å²) in [6, 6.07) is 15.8. The predicted molar refractivity (Wildman–Crippen MR) is 114 cm³/mol. The molecular weight excluding hydrogens is 399 g/mol. The van der Waals surface area contributed by atoms with E-state index in [4.69, 9.17) is 4.52 Å². The molecule has 0 spiro atoms. The zero-order valence-electron chi connectivity index (χ0n) is 16.8. The number of aryl methyl sites for hydroxylation is 2. The van der Waals surface area contributed by atoms with Gasteiger partial charge in [-0.3, -0.25) is 14.2 Å². The Kier molecular flexibility index (Phi) is 6.16. The Morgan fingerprint density at radius 3 is 2.65 bits per heavy atom. The van der Waals surface area contributed by atoms with Crippen LogP contribution in [-0.2, 0) is 17.8 Å². The fraction of sp³-hybridized carbons (Fsp3) is 0.217. The van der Waals surface area contributed by atoms with E-state index in [1.807, 2.05) is 18.2 Å². The summed E-state index contributed by atoms with van der Waals surface area (Å²) in [6.07, 6.45) is 3.26. The molecule has 4 rings (SSSR count). The average Bonchev–Trinajstić information content (AvgIpc) is 3.22. The van der Waals surface area contributed by atoms with E-state index in [9.17, 15) is 14.0 Å². The van der Waals surface area contributed by atoms with E-state index in [-0.39, 0.29) is 30.3 Å². The lowest BCUT2D eigenvalue weighted by Crippen LogP contribution is -2.28.